The number of hydrogen-bond acceptors (Lipinski definition) is 5. The third-order valence-corrected chi connectivity index (χ3v) is 4.60. The number of anilines is 2. The molecule has 1 saturated heterocycles. The van der Waals surface area contributed by atoms with Crippen molar-refractivity contribution >= 4 is 28.1 Å². The summed E-state index contributed by atoms with van der Waals surface area (Å²) in [6.45, 7) is 3.90. The highest BCUT2D eigenvalue weighted by atomic mass is 16.5. The first-order chi connectivity index (χ1) is 12.2. The number of hydrogen-bond donors (Lipinski definition) is 1. The largest absolute Gasteiger partial charge is 0.371 e. The van der Waals surface area contributed by atoms with Crippen LogP contribution in [0.1, 0.15) is 35.5 Å². The van der Waals surface area contributed by atoms with Gasteiger partial charge in [0.15, 0.2) is 5.69 Å². The average molecular weight is 336 g/mol. The predicted octanol–water partition coefficient (Wildman–Crippen LogP) is 3.77. The summed E-state index contributed by atoms with van der Waals surface area (Å²) in [6, 6.07) is 7.66. The molecule has 3 heterocycles. The van der Waals surface area contributed by atoms with Crippen LogP contribution in [0.4, 0.5) is 11.4 Å². The number of nitrogens with one attached hydrogen (secondary N) is 1. The third-order valence-electron chi connectivity index (χ3n) is 4.60. The van der Waals surface area contributed by atoms with Crippen LogP contribution in [0.2, 0.25) is 0 Å². The molecule has 0 unspecified atom stereocenters. The molecule has 25 heavy (non-hydrogen) atoms. The van der Waals surface area contributed by atoms with Gasteiger partial charge in [-0.15, -0.1) is 0 Å². The van der Waals surface area contributed by atoms with Crippen molar-refractivity contribution in [2.75, 3.05) is 23.3 Å². The minimum absolute atomic E-state index is 0.273. The van der Waals surface area contributed by atoms with Gasteiger partial charge in [-0.05, 0) is 44.4 Å². The standard InChI is InChI=1S/C19H20N4O2/c1-13-11-17(22-25-13)19(24)21-16-5-6-18(23-9-3-2-4-10-23)14-7-8-20-12-15(14)16/h5-8,11-12H,2-4,9-10H2,1H3,(H,21,24). The molecule has 4 rings (SSSR count). The Kier molecular flexibility index (Phi) is 4.09. The number of nitrogens with zero attached hydrogens (tertiary/aromatic N) is 3. The van der Waals surface area contributed by atoms with Gasteiger partial charge in [-0.25, -0.2) is 0 Å². The van der Waals surface area contributed by atoms with E-state index in [0.717, 1.165) is 29.5 Å². The van der Waals surface area contributed by atoms with Gasteiger partial charge >= 0.3 is 0 Å². The van der Waals surface area contributed by atoms with Crippen LogP contribution in [0.5, 0.6) is 0 Å². The van der Waals surface area contributed by atoms with E-state index in [1.165, 1.54) is 24.9 Å². The number of piperidine rings is 1. The maximum Gasteiger partial charge on any atom is 0.277 e. The Morgan fingerprint density at radius 2 is 2.00 bits per heavy atom. The lowest BCUT2D eigenvalue weighted by Crippen LogP contribution is -2.29. The van der Waals surface area contributed by atoms with E-state index in [1.807, 2.05) is 12.1 Å². The average Bonchev–Trinajstić information content (AvgIpc) is 3.09. The van der Waals surface area contributed by atoms with Crippen molar-refractivity contribution in [3.8, 4) is 0 Å². The monoisotopic (exact) mass is 336 g/mol. The minimum Gasteiger partial charge on any atom is -0.371 e. The fourth-order valence-electron chi connectivity index (χ4n) is 3.35. The lowest BCUT2D eigenvalue weighted by molar-refractivity contribution is 0.101. The number of aryl methyl sites for hydroxylation is 1. The molecule has 128 valence electrons. The summed E-state index contributed by atoms with van der Waals surface area (Å²) in [7, 11) is 0. The molecular formula is C19H20N4O2. The number of aromatic nitrogens is 2. The molecule has 6 heteroatoms. The van der Waals surface area contributed by atoms with Gasteiger partial charge in [-0.3, -0.25) is 9.78 Å². The maximum absolute atomic E-state index is 12.4. The van der Waals surface area contributed by atoms with Gasteiger partial charge < -0.3 is 14.7 Å². The van der Waals surface area contributed by atoms with E-state index in [-0.39, 0.29) is 11.6 Å². The van der Waals surface area contributed by atoms with E-state index < -0.39 is 0 Å². The SMILES string of the molecule is Cc1cc(C(=O)Nc2ccc(N3CCCCC3)c3ccncc23)no1. The molecule has 0 aliphatic carbocycles. The van der Waals surface area contributed by atoms with Crippen molar-refractivity contribution < 1.29 is 9.32 Å². The zero-order chi connectivity index (χ0) is 17.2. The smallest absolute Gasteiger partial charge is 0.277 e. The van der Waals surface area contributed by atoms with Crippen LogP contribution in [-0.4, -0.2) is 29.1 Å². The summed E-state index contributed by atoms with van der Waals surface area (Å²) in [5.74, 6) is 0.324. The Labute approximate surface area is 145 Å². The molecule has 6 nitrogen and oxygen atoms in total. The Balaban J connectivity index is 1.69. The van der Waals surface area contributed by atoms with E-state index in [9.17, 15) is 4.79 Å². The molecule has 1 aliphatic rings. The van der Waals surface area contributed by atoms with E-state index >= 15 is 0 Å². The molecule has 0 atom stereocenters. The zero-order valence-corrected chi connectivity index (χ0v) is 14.2. The van der Waals surface area contributed by atoms with Crippen LogP contribution in [0.3, 0.4) is 0 Å². The van der Waals surface area contributed by atoms with Crippen molar-refractivity contribution in [2.45, 2.75) is 26.2 Å². The van der Waals surface area contributed by atoms with Gasteiger partial charge in [0.1, 0.15) is 5.76 Å². The van der Waals surface area contributed by atoms with Gasteiger partial charge in [-0.2, -0.15) is 0 Å². The molecule has 1 N–H and O–H groups in total. The molecule has 3 aromatic rings. The molecule has 1 amide bonds. The van der Waals surface area contributed by atoms with E-state index in [0.29, 0.717) is 5.76 Å². The second-order valence-corrected chi connectivity index (χ2v) is 6.38. The van der Waals surface area contributed by atoms with Crippen molar-refractivity contribution in [3.63, 3.8) is 0 Å². The van der Waals surface area contributed by atoms with Crippen LogP contribution in [-0.2, 0) is 0 Å². The predicted molar refractivity (Wildman–Crippen MR) is 97.0 cm³/mol. The Bertz CT molecular complexity index is 913. The second-order valence-electron chi connectivity index (χ2n) is 6.38. The first-order valence-electron chi connectivity index (χ1n) is 8.59. The van der Waals surface area contributed by atoms with Crippen LogP contribution in [0.15, 0.2) is 41.2 Å². The molecule has 0 bridgehead atoms. The molecule has 0 radical (unpaired) electrons. The summed E-state index contributed by atoms with van der Waals surface area (Å²) in [6.07, 6.45) is 7.32. The maximum atomic E-state index is 12.4. The van der Waals surface area contributed by atoms with Gasteiger partial charge in [0.25, 0.3) is 5.91 Å². The third kappa shape index (κ3) is 3.07. The molecule has 0 saturated carbocycles. The van der Waals surface area contributed by atoms with Gasteiger partial charge in [0, 0.05) is 48.0 Å². The van der Waals surface area contributed by atoms with Crippen molar-refractivity contribution in [2.24, 2.45) is 0 Å². The second kappa shape index (κ2) is 6.55. The number of benzene rings is 1. The lowest BCUT2D eigenvalue weighted by Gasteiger charge is -2.30. The number of fused-ring (bicyclic) bond motifs is 1. The Hall–Kier alpha value is -2.89. The van der Waals surface area contributed by atoms with Crippen LogP contribution < -0.4 is 10.2 Å². The molecule has 2 aromatic heterocycles. The number of pyridine rings is 1. The minimum atomic E-state index is -0.285. The lowest BCUT2D eigenvalue weighted by atomic mass is 10.0. The highest BCUT2D eigenvalue weighted by Gasteiger charge is 2.17. The highest BCUT2D eigenvalue weighted by molar-refractivity contribution is 6.10. The topological polar surface area (TPSA) is 71.3 Å². The van der Waals surface area contributed by atoms with Crippen molar-refractivity contribution in [3.05, 3.63) is 48.1 Å². The van der Waals surface area contributed by atoms with Gasteiger partial charge in [0.05, 0.1) is 5.69 Å². The van der Waals surface area contributed by atoms with Crippen LogP contribution in [0.25, 0.3) is 10.8 Å². The highest BCUT2D eigenvalue weighted by Crippen LogP contribution is 2.33. The Morgan fingerprint density at radius 1 is 1.16 bits per heavy atom. The van der Waals surface area contributed by atoms with Crippen LogP contribution >= 0.6 is 0 Å². The molecular weight excluding hydrogens is 316 g/mol. The normalized spacial score (nSPS) is 14.7. The summed E-state index contributed by atoms with van der Waals surface area (Å²) >= 11 is 0. The fraction of sp³-hybridized carbons (Fsp3) is 0.316. The first kappa shape index (κ1) is 15.6. The Morgan fingerprint density at radius 3 is 2.76 bits per heavy atom. The molecule has 1 aromatic carbocycles. The summed E-state index contributed by atoms with van der Waals surface area (Å²) in [5.41, 5.74) is 2.21. The molecule has 1 aliphatic heterocycles. The van der Waals surface area contributed by atoms with Gasteiger partial charge in [0.2, 0.25) is 0 Å². The summed E-state index contributed by atoms with van der Waals surface area (Å²) in [4.78, 5) is 19.0. The molecule has 0 spiro atoms. The van der Waals surface area contributed by atoms with E-state index in [2.05, 4.69) is 26.4 Å². The number of amides is 1. The number of carbonyl (C=O) groups excluding carboxylic acids is 1. The molecule has 1 fully saturated rings. The number of rotatable bonds is 3. The van der Waals surface area contributed by atoms with Crippen LogP contribution in [0, 0.1) is 6.92 Å². The quantitative estimate of drug-likeness (QED) is 0.788. The first-order valence-corrected chi connectivity index (χ1v) is 8.59. The van der Waals surface area contributed by atoms with E-state index in [4.69, 9.17) is 4.52 Å². The van der Waals surface area contributed by atoms with E-state index in [1.54, 1.807) is 25.4 Å². The fourth-order valence-corrected chi connectivity index (χ4v) is 3.35. The van der Waals surface area contributed by atoms with Gasteiger partial charge in [-0.1, -0.05) is 5.16 Å². The number of carbonyl (C=O) groups is 1. The van der Waals surface area contributed by atoms with Crippen molar-refractivity contribution in [1.82, 2.24) is 10.1 Å². The zero-order valence-electron chi connectivity index (χ0n) is 14.2. The van der Waals surface area contributed by atoms with Crippen molar-refractivity contribution in [1.29, 1.82) is 0 Å². The summed E-state index contributed by atoms with van der Waals surface area (Å²) < 4.78 is 4.98. The summed E-state index contributed by atoms with van der Waals surface area (Å²) in [5, 5.41) is 8.73.